The van der Waals surface area contributed by atoms with E-state index < -0.39 is 0 Å². The lowest BCUT2D eigenvalue weighted by atomic mass is 9.87. The first-order valence-corrected chi connectivity index (χ1v) is 11.4. The third-order valence-corrected chi connectivity index (χ3v) is 7.21. The molecular weight excluding hydrogens is 495 g/mol. The molecule has 1 aromatic carbocycles. The van der Waals surface area contributed by atoms with Gasteiger partial charge in [0.05, 0.1) is 6.54 Å². The van der Waals surface area contributed by atoms with E-state index in [-0.39, 0.29) is 24.0 Å². The smallest absolute Gasteiger partial charge is 0.194 e. The zero-order valence-electron chi connectivity index (χ0n) is 17.1. The zero-order chi connectivity index (χ0) is 19.2. The van der Waals surface area contributed by atoms with Crippen LogP contribution in [0.5, 0.6) is 0 Å². The number of H-pyrrole nitrogens is 1. The summed E-state index contributed by atoms with van der Waals surface area (Å²) in [6.45, 7) is 5.92. The Kier molecular flexibility index (Phi) is 8.23. The number of thioether (sulfide) groups is 1. The van der Waals surface area contributed by atoms with E-state index >= 15 is 0 Å². The van der Waals surface area contributed by atoms with Gasteiger partial charge in [0.25, 0.3) is 0 Å². The predicted octanol–water partition coefficient (Wildman–Crippen LogP) is 4.31. The number of aliphatic imine (C=N–C) groups is 1. The Labute approximate surface area is 194 Å². The maximum atomic E-state index is 4.98. The fourth-order valence-corrected chi connectivity index (χ4v) is 5.85. The quantitative estimate of drug-likeness (QED) is 0.353. The summed E-state index contributed by atoms with van der Waals surface area (Å²) in [5.41, 5.74) is 2.23. The van der Waals surface area contributed by atoms with Gasteiger partial charge in [-0.2, -0.15) is 16.9 Å². The molecular formula is C21H31IN6S. The van der Waals surface area contributed by atoms with E-state index in [1.165, 1.54) is 43.4 Å². The summed E-state index contributed by atoms with van der Waals surface area (Å²) in [6.07, 6.45) is 8.41. The fraction of sp³-hybridized carbons (Fsp3) is 0.571. The van der Waals surface area contributed by atoms with Gasteiger partial charge in [-0.1, -0.05) is 37.5 Å². The molecule has 4 rings (SSSR count). The summed E-state index contributed by atoms with van der Waals surface area (Å²) in [6, 6.07) is 8.38. The number of hydrogen-bond donors (Lipinski definition) is 2. The molecule has 2 fully saturated rings. The first-order chi connectivity index (χ1) is 13.8. The van der Waals surface area contributed by atoms with E-state index in [1.807, 2.05) is 6.07 Å². The Hall–Kier alpha value is -1.29. The first kappa shape index (κ1) is 22.4. The number of rotatable bonds is 4. The Morgan fingerprint density at radius 1 is 1.31 bits per heavy atom. The van der Waals surface area contributed by atoms with Crippen molar-refractivity contribution in [2.24, 2.45) is 4.99 Å². The normalized spacial score (nSPS) is 19.1. The second-order valence-corrected chi connectivity index (χ2v) is 9.28. The number of halogens is 1. The molecule has 1 aliphatic carbocycles. The zero-order valence-corrected chi connectivity index (χ0v) is 20.2. The lowest BCUT2D eigenvalue weighted by Gasteiger charge is -2.45. The minimum absolute atomic E-state index is 0. The summed E-state index contributed by atoms with van der Waals surface area (Å²) in [5, 5.41) is 10.4. The van der Waals surface area contributed by atoms with Crippen LogP contribution in [-0.2, 0) is 6.54 Å². The van der Waals surface area contributed by atoms with Crippen LogP contribution in [0, 0.1) is 0 Å². The van der Waals surface area contributed by atoms with E-state index in [0.29, 0.717) is 11.3 Å². The van der Waals surface area contributed by atoms with Crippen LogP contribution in [0.25, 0.3) is 11.4 Å². The monoisotopic (exact) mass is 526 g/mol. The maximum absolute atomic E-state index is 4.98. The second kappa shape index (κ2) is 10.7. The third-order valence-electron chi connectivity index (χ3n) is 5.67. The Morgan fingerprint density at radius 2 is 2.17 bits per heavy atom. The molecule has 0 amide bonds. The molecule has 6 nitrogen and oxygen atoms in total. The van der Waals surface area contributed by atoms with Crippen molar-refractivity contribution in [2.75, 3.05) is 25.4 Å². The highest BCUT2D eigenvalue weighted by Crippen LogP contribution is 2.42. The van der Waals surface area contributed by atoms with Crippen molar-refractivity contribution in [3.05, 3.63) is 36.2 Å². The molecule has 0 radical (unpaired) electrons. The van der Waals surface area contributed by atoms with Gasteiger partial charge >= 0.3 is 0 Å². The fourth-order valence-electron chi connectivity index (χ4n) is 4.28. The Bertz CT molecular complexity index is 783. The minimum Gasteiger partial charge on any atom is -0.357 e. The Morgan fingerprint density at radius 3 is 2.93 bits per heavy atom. The number of benzene rings is 1. The van der Waals surface area contributed by atoms with E-state index in [2.05, 4.69) is 62.3 Å². The number of aromatic amines is 1. The molecule has 0 unspecified atom stereocenters. The van der Waals surface area contributed by atoms with Gasteiger partial charge < -0.3 is 10.2 Å². The molecule has 1 aromatic heterocycles. The lowest BCUT2D eigenvalue weighted by molar-refractivity contribution is 0.293. The SMILES string of the molecule is CCNC(=NCc1cccc(-c2ncn[nH]2)c1)N1CCSC2(CCCCC2)C1.I. The number of aromatic nitrogens is 3. The molecule has 2 aromatic rings. The van der Waals surface area contributed by atoms with E-state index in [9.17, 15) is 0 Å². The molecule has 1 saturated carbocycles. The van der Waals surface area contributed by atoms with Crippen LogP contribution in [-0.4, -0.2) is 56.2 Å². The summed E-state index contributed by atoms with van der Waals surface area (Å²) < 4.78 is 0.443. The van der Waals surface area contributed by atoms with Gasteiger partial charge in [0.2, 0.25) is 0 Å². The number of nitrogens with one attached hydrogen (secondary N) is 2. The van der Waals surface area contributed by atoms with Gasteiger partial charge in [0.1, 0.15) is 6.33 Å². The van der Waals surface area contributed by atoms with E-state index in [0.717, 1.165) is 37.0 Å². The van der Waals surface area contributed by atoms with Crippen LogP contribution in [0.2, 0.25) is 0 Å². The van der Waals surface area contributed by atoms with Crippen molar-refractivity contribution < 1.29 is 0 Å². The summed E-state index contributed by atoms with van der Waals surface area (Å²) in [5.74, 6) is 3.05. The number of hydrogen-bond acceptors (Lipinski definition) is 4. The molecule has 158 valence electrons. The van der Waals surface area contributed by atoms with Crippen molar-refractivity contribution in [3.8, 4) is 11.4 Å². The molecule has 1 spiro atoms. The highest BCUT2D eigenvalue weighted by Gasteiger charge is 2.38. The lowest BCUT2D eigenvalue weighted by Crippen LogP contribution is -2.53. The second-order valence-electron chi connectivity index (χ2n) is 7.72. The minimum atomic E-state index is 0. The van der Waals surface area contributed by atoms with Crippen molar-refractivity contribution in [3.63, 3.8) is 0 Å². The Balaban J connectivity index is 0.00000240. The molecule has 8 heteroatoms. The standard InChI is InChI=1S/C21H30N6S.HI/c1-2-22-20(27-11-12-28-21(15-27)9-4-3-5-10-21)23-14-17-7-6-8-18(13-17)19-24-16-25-26-19;/h6-8,13,16H,2-5,9-12,14-15H2,1H3,(H,22,23)(H,24,25,26);1H. The van der Waals surface area contributed by atoms with Gasteiger partial charge in [-0.15, -0.1) is 24.0 Å². The summed E-state index contributed by atoms with van der Waals surface area (Å²) in [4.78, 5) is 11.7. The van der Waals surface area contributed by atoms with Crippen LogP contribution in [0.4, 0.5) is 0 Å². The largest absolute Gasteiger partial charge is 0.357 e. The van der Waals surface area contributed by atoms with Crippen molar-refractivity contribution in [1.29, 1.82) is 0 Å². The third kappa shape index (κ3) is 5.65. The molecule has 1 aliphatic heterocycles. The van der Waals surface area contributed by atoms with Crippen LogP contribution >= 0.6 is 35.7 Å². The van der Waals surface area contributed by atoms with E-state index in [1.54, 1.807) is 6.33 Å². The van der Waals surface area contributed by atoms with Crippen molar-refractivity contribution >= 4 is 41.7 Å². The molecule has 0 atom stereocenters. The van der Waals surface area contributed by atoms with Crippen LogP contribution < -0.4 is 5.32 Å². The number of guanidine groups is 1. The average Bonchev–Trinajstić information content (AvgIpc) is 3.27. The number of nitrogens with zero attached hydrogens (tertiary/aromatic N) is 4. The van der Waals surface area contributed by atoms with Gasteiger partial charge in [0, 0.05) is 35.7 Å². The molecule has 29 heavy (non-hydrogen) atoms. The van der Waals surface area contributed by atoms with Crippen LogP contribution in [0.3, 0.4) is 0 Å². The average molecular weight is 526 g/mol. The molecule has 1 saturated heterocycles. The van der Waals surface area contributed by atoms with Gasteiger partial charge in [-0.05, 0) is 31.4 Å². The van der Waals surface area contributed by atoms with Crippen molar-refractivity contribution in [2.45, 2.75) is 50.3 Å². The van der Waals surface area contributed by atoms with Crippen LogP contribution in [0.15, 0.2) is 35.6 Å². The highest BCUT2D eigenvalue weighted by atomic mass is 127. The van der Waals surface area contributed by atoms with Gasteiger partial charge in [-0.25, -0.2) is 9.98 Å². The highest BCUT2D eigenvalue weighted by molar-refractivity contribution is 14.0. The predicted molar refractivity (Wildman–Crippen MR) is 132 cm³/mol. The molecule has 2 aliphatic rings. The maximum Gasteiger partial charge on any atom is 0.194 e. The van der Waals surface area contributed by atoms with Crippen LogP contribution in [0.1, 0.15) is 44.6 Å². The molecule has 2 heterocycles. The van der Waals surface area contributed by atoms with E-state index in [4.69, 9.17) is 4.99 Å². The van der Waals surface area contributed by atoms with Gasteiger partial charge in [-0.3, -0.25) is 5.10 Å². The van der Waals surface area contributed by atoms with Gasteiger partial charge in [0.15, 0.2) is 11.8 Å². The molecule has 0 bridgehead atoms. The summed E-state index contributed by atoms with van der Waals surface area (Å²) in [7, 11) is 0. The topological polar surface area (TPSA) is 69.2 Å². The summed E-state index contributed by atoms with van der Waals surface area (Å²) >= 11 is 2.20. The first-order valence-electron chi connectivity index (χ1n) is 10.4. The molecule has 2 N–H and O–H groups in total. The van der Waals surface area contributed by atoms with Crippen molar-refractivity contribution in [1.82, 2.24) is 25.4 Å².